The molecule has 2 aromatic carbocycles. The Labute approximate surface area is 112 Å². The lowest BCUT2D eigenvalue weighted by atomic mass is 10.0. The predicted molar refractivity (Wildman–Crippen MR) is 76.8 cm³/mol. The van der Waals surface area contributed by atoms with Crippen molar-refractivity contribution in [3.63, 3.8) is 0 Å². The number of benzene rings is 2. The fraction of sp³-hybridized carbons (Fsp3) is 0.250. The van der Waals surface area contributed by atoms with Crippen LogP contribution in [0.2, 0.25) is 0 Å². The number of hydrogen-bond acceptors (Lipinski definition) is 2. The summed E-state index contributed by atoms with van der Waals surface area (Å²) in [5.41, 5.74) is 2.57. The van der Waals surface area contributed by atoms with Gasteiger partial charge in [0.2, 0.25) is 0 Å². The normalized spacial score (nSPS) is 12.8. The van der Waals surface area contributed by atoms with E-state index in [-0.39, 0.29) is 0 Å². The lowest BCUT2D eigenvalue weighted by Crippen LogP contribution is -2.02. The molecule has 0 radical (unpaired) electrons. The molecule has 0 bridgehead atoms. The Hall–Kier alpha value is -1.41. The van der Waals surface area contributed by atoms with E-state index in [1.54, 1.807) is 0 Å². The number of para-hydroxylation sites is 1. The largest absolute Gasteiger partial charge is 0.457 e. The number of hydrogen-bond donors (Lipinski definition) is 0. The van der Waals surface area contributed by atoms with Crippen molar-refractivity contribution in [2.45, 2.75) is 30.4 Å². The zero-order chi connectivity index (χ0) is 12.5. The van der Waals surface area contributed by atoms with Crippen LogP contribution in [0.25, 0.3) is 0 Å². The molecule has 0 saturated carbocycles. The number of fused-ring (bicyclic) bond motifs is 2. The maximum absolute atomic E-state index is 5.93. The second-order valence-corrected chi connectivity index (χ2v) is 6.47. The van der Waals surface area contributed by atoms with Crippen LogP contribution in [0, 0.1) is 0 Å². The second-order valence-electron chi connectivity index (χ2n) is 4.82. The van der Waals surface area contributed by atoms with Crippen LogP contribution in [0.4, 0.5) is 0 Å². The van der Waals surface area contributed by atoms with Crippen LogP contribution in [-0.2, 0) is 6.42 Å². The summed E-state index contributed by atoms with van der Waals surface area (Å²) in [7, 11) is 0. The van der Waals surface area contributed by atoms with E-state index in [1.165, 1.54) is 16.0 Å². The molecule has 2 aromatic rings. The summed E-state index contributed by atoms with van der Waals surface area (Å²) < 4.78 is 5.93. The third kappa shape index (κ3) is 2.25. The van der Waals surface area contributed by atoms with Crippen molar-refractivity contribution >= 4 is 11.8 Å². The molecule has 0 aromatic heterocycles. The van der Waals surface area contributed by atoms with Crippen molar-refractivity contribution in [1.82, 2.24) is 0 Å². The molecule has 0 aliphatic carbocycles. The van der Waals surface area contributed by atoms with Crippen molar-refractivity contribution in [3.05, 3.63) is 53.6 Å². The highest BCUT2D eigenvalue weighted by Crippen LogP contribution is 2.38. The number of ether oxygens (including phenoxy) is 1. The van der Waals surface area contributed by atoms with Gasteiger partial charge in [0.25, 0.3) is 0 Å². The molecule has 0 saturated heterocycles. The van der Waals surface area contributed by atoms with Crippen molar-refractivity contribution < 1.29 is 4.74 Å². The minimum Gasteiger partial charge on any atom is -0.457 e. The van der Waals surface area contributed by atoms with Gasteiger partial charge in [-0.2, -0.15) is 0 Å². The summed E-state index contributed by atoms with van der Waals surface area (Å²) in [5.74, 6) is 2.00. The summed E-state index contributed by atoms with van der Waals surface area (Å²) in [5, 5.41) is 0.611. The minimum absolute atomic E-state index is 0.611. The van der Waals surface area contributed by atoms with Crippen molar-refractivity contribution in [2.24, 2.45) is 0 Å². The second kappa shape index (κ2) is 4.69. The maximum Gasteiger partial charge on any atom is 0.131 e. The van der Waals surface area contributed by atoms with Gasteiger partial charge in [0.1, 0.15) is 11.5 Å². The average molecular weight is 256 g/mol. The standard InChI is InChI=1S/C16H16OS/c1-11(2)18-14-7-8-16-13(10-14)9-12-5-3-4-6-15(12)17-16/h3-8,10-11H,9H2,1-2H3. The topological polar surface area (TPSA) is 9.23 Å². The van der Waals surface area contributed by atoms with Crippen molar-refractivity contribution in [3.8, 4) is 11.5 Å². The molecular formula is C16H16OS. The highest BCUT2D eigenvalue weighted by Gasteiger charge is 2.16. The summed E-state index contributed by atoms with van der Waals surface area (Å²) in [4.78, 5) is 1.33. The monoisotopic (exact) mass is 256 g/mol. The zero-order valence-corrected chi connectivity index (χ0v) is 11.5. The highest BCUT2D eigenvalue weighted by molar-refractivity contribution is 7.99. The molecule has 0 spiro atoms. The summed E-state index contributed by atoms with van der Waals surface area (Å²) >= 11 is 1.90. The van der Waals surface area contributed by atoms with E-state index in [0.717, 1.165) is 17.9 Å². The first-order chi connectivity index (χ1) is 8.72. The SMILES string of the molecule is CC(C)Sc1ccc2c(c1)Cc1ccccc1O2. The van der Waals surface area contributed by atoms with Gasteiger partial charge in [-0.3, -0.25) is 0 Å². The molecule has 2 heteroatoms. The Morgan fingerprint density at radius 1 is 1.00 bits per heavy atom. The maximum atomic E-state index is 5.93. The Morgan fingerprint density at radius 2 is 1.78 bits per heavy atom. The quantitative estimate of drug-likeness (QED) is 0.604. The van der Waals surface area contributed by atoms with Crippen LogP contribution < -0.4 is 4.74 Å². The van der Waals surface area contributed by atoms with Crippen LogP contribution in [-0.4, -0.2) is 5.25 Å². The first kappa shape index (κ1) is 11.7. The van der Waals surface area contributed by atoms with Gasteiger partial charge in [0.15, 0.2) is 0 Å². The van der Waals surface area contributed by atoms with Crippen LogP contribution in [0.3, 0.4) is 0 Å². The number of rotatable bonds is 2. The molecule has 3 rings (SSSR count). The van der Waals surface area contributed by atoms with E-state index in [0.29, 0.717) is 5.25 Å². The van der Waals surface area contributed by atoms with E-state index in [1.807, 2.05) is 23.9 Å². The molecule has 1 heterocycles. The fourth-order valence-corrected chi connectivity index (χ4v) is 3.11. The van der Waals surface area contributed by atoms with Gasteiger partial charge in [-0.05, 0) is 29.8 Å². The van der Waals surface area contributed by atoms with Crippen LogP contribution in [0.1, 0.15) is 25.0 Å². The minimum atomic E-state index is 0.611. The van der Waals surface area contributed by atoms with E-state index in [4.69, 9.17) is 4.74 Å². The van der Waals surface area contributed by atoms with Gasteiger partial charge < -0.3 is 4.74 Å². The molecule has 0 unspecified atom stereocenters. The average Bonchev–Trinajstić information content (AvgIpc) is 2.35. The Balaban J connectivity index is 1.93. The lowest BCUT2D eigenvalue weighted by molar-refractivity contribution is 0.459. The molecule has 0 amide bonds. The van der Waals surface area contributed by atoms with E-state index < -0.39 is 0 Å². The van der Waals surface area contributed by atoms with Crippen LogP contribution in [0.5, 0.6) is 11.5 Å². The fourth-order valence-electron chi connectivity index (χ4n) is 2.21. The molecule has 0 atom stereocenters. The van der Waals surface area contributed by atoms with E-state index in [2.05, 4.69) is 44.2 Å². The van der Waals surface area contributed by atoms with Gasteiger partial charge in [0.05, 0.1) is 0 Å². The predicted octanol–water partition coefficient (Wildman–Crippen LogP) is 4.88. The summed E-state index contributed by atoms with van der Waals surface area (Å²) in [6, 6.07) is 14.8. The van der Waals surface area contributed by atoms with Gasteiger partial charge in [-0.25, -0.2) is 0 Å². The van der Waals surface area contributed by atoms with Crippen LogP contribution >= 0.6 is 11.8 Å². The van der Waals surface area contributed by atoms with Gasteiger partial charge in [-0.15, -0.1) is 11.8 Å². The lowest BCUT2D eigenvalue weighted by Gasteiger charge is -2.20. The van der Waals surface area contributed by atoms with Crippen molar-refractivity contribution in [1.29, 1.82) is 0 Å². The van der Waals surface area contributed by atoms with Crippen LogP contribution in [0.15, 0.2) is 47.4 Å². The van der Waals surface area contributed by atoms with Gasteiger partial charge in [0, 0.05) is 22.1 Å². The third-order valence-electron chi connectivity index (χ3n) is 2.98. The molecule has 0 N–H and O–H groups in total. The third-order valence-corrected chi connectivity index (χ3v) is 3.97. The molecule has 1 nitrogen and oxygen atoms in total. The molecule has 18 heavy (non-hydrogen) atoms. The molecular weight excluding hydrogens is 240 g/mol. The Morgan fingerprint density at radius 3 is 2.61 bits per heavy atom. The zero-order valence-electron chi connectivity index (χ0n) is 10.6. The van der Waals surface area contributed by atoms with E-state index >= 15 is 0 Å². The Bertz CT molecular complexity index is 575. The first-order valence-corrected chi connectivity index (χ1v) is 7.15. The molecule has 92 valence electrons. The van der Waals surface area contributed by atoms with Gasteiger partial charge >= 0.3 is 0 Å². The first-order valence-electron chi connectivity index (χ1n) is 6.28. The van der Waals surface area contributed by atoms with E-state index in [9.17, 15) is 0 Å². The summed E-state index contributed by atoms with van der Waals surface area (Å²) in [6.07, 6.45) is 0.970. The molecule has 1 aliphatic heterocycles. The number of thioether (sulfide) groups is 1. The Kier molecular flexibility index (Phi) is 3.04. The molecule has 1 aliphatic rings. The smallest absolute Gasteiger partial charge is 0.131 e. The summed E-state index contributed by atoms with van der Waals surface area (Å²) in [6.45, 7) is 4.44. The van der Waals surface area contributed by atoms with Gasteiger partial charge in [-0.1, -0.05) is 32.0 Å². The molecule has 0 fully saturated rings. The highest BCUT2D eigenvalue weighted by atomic mass is 32.2. The van der Waals surface area contributed by atoms with Crippen molar-refractivity contribution in [2.75, 3.05) is 0 Å².